The molecule has 1 aromatic heterocycles. The van der Waals surface area contributed by atoms with Crippen LogP contribution in [0, 0.1) is 19.1 Å². The zero-order valence-corrected chi connectivity index (χ0v) is 13.5. The summed E-state index contributed by atoms with van der Waals surface area (Å²) in [5, 5.41) is 11.1. The average Bonchev–Trinajstić information content (AvgIpc) is 2.58. The highest BCUT2D eigenvalue weighted by atomic mass is 16.5. The molecule has 1 amide bonds. The molecule has 0 atom stereocenters. The van der Waals surface area contributed by atoms with Crippen molar-refractivity contribution < 1.29 is 9.52 Å². The molecule has 1 aliphatic heterocycles. The maximum Gasteiger partial charge on any atom is 0.254 e. The van der Waals surface area contributed by atoms with Gasteiger partial charge in [0.05, 0.1) is 5.56 Å². The van der Waals surface area contributed by atoms with Crippen LogP contribution in [0.15, 0.2) is 42.7 Å². The van der Waals surface area contributed by atoms with Gasteiger partial charge in [0.1, 0.15) is 0 Å². The standard InChI is InChI=1S/C18H21N3O2/c1-14-4-3-5-17(15(14)2)19-10-12-20(13-11-19)18(22)16-6-8-21(23)9-7-16/h3-9H,10-13H2,1-2H3. The van der Waals surface area contributed by atoms with Gasteiger partial charge in [-0.25, -0.2) is 0 Å². The number of aromatic nitrogens is 1. The van der Waals surface area contributed by atoms with E-state index >= 15 is 0 Å². The number of anilines is 1. The van der Waals surface area contributed by atoms with E-state index in [1.54, 1.807) is 12.1 Å². The van der Waals surface area contributed by atoms with Crippen LogP contribution in [0.3, 0.4) is 0 Å². The van der Waals surface area contributed by atoms with E-state index in [4.69, 9.17) is 0 Å². The van der Waals surface area contributed by atoms with E-state index < -0.39 is 0 Å². The van der Waals surface area contributed by atoms with Crippen molar-refractivity contribution in [3.63, 3.8) is 0 Å². The van der Waals surface area contributed by atoms with Gasteiger partial charge in [-0.3, -0.25) is 4.79 Å². The Kier molecular flexibility index (Phi) is 4.19. The van der Waals surface area contributed by atoms with E-state index in [9.17, 15) is 10.0 Å². The zero-order valence-electron chi connectivity index (χ0n) is 13.5. The fourth-order valence-corrected chi connectivity index (χ4v) is 2.97. The third-order valence-electron chi connectivity index (χ3n) is 4.53. The smallest absolute Gasteiger partial charge is 0.254 e. The van der Waals surface area contributed by atoms with Crippen LogP contribution in [-0.2, 0) is 0 Å². The first-order chi connectivity index (χ1) is 11.1. The van der Waals surface area contributed by atoms with Crippen molar-refractivity contribution in [3.05, 3.63) is 64.6 Å². The highest BCUT2D eigenvalue weighted by Crippen LogP contribution is 2.24. The Morgan fingerprint density at radius 2 is 1.70 bits per heavy atom. The normalized spacial score (nSPS) is 14.9. The molecular formula is C18H21N3O2. The largest absolute Gasteiger partial charge is 0.619 e. The van der Waals surface area contributed by atoms with Crippen LogP contribution in [0.2, 0.25) is 0 Å². The maximum atomic E-state index is 12.5. The Morgan fingerprint density at radius 1 is 1.04 bits per heavy atom. The second kappa shape index (κ2) is 6.28. The fourth-order valence-electron chi connectivity index (χ4n) is 2.97. The number of carbonyl (C=O) groups is 1. The number of carbonyl (C=O) groups excluding carboxylic acids is 1. The van der Waals surface area contributed by atoms with E-state index in [2.05, 4.69) is 36.9 Å². The topological polar surface area (TPSA) is 50.5 Å². The van der Waals surface area contributed by atoms with Crippen molar-refractivity contribution in [2.45, 2.75) is 13.8 Å². The number of benzene rings is 1. The van der Waals surface area contributed by atoms with Gasteiger partial charge in [0.25, 0.3) is 5.91 Å². The molecule has 0 radical (unpaired) electrons. The van der Waals surface area contributed by atoms with Gasteiger partial charge < -0.3 is 15.0 Å². The van der Waals surface area contributed by atoms with Gasteiger partial charge in [0.15, 0.2) is 12.4 Å². The van der Waals surface area contributed by atoms with Gasteiger partial charge in [-0.15, -0.1) is 0 Å². The van der Waals surface area contributed by atoms with E-state index in [1.165, 1.54) is 29.2 Å². The van der Waals surface area contributed by atoms with Crippen molar-refractivity contribution >= 4 is 11.6 Å². The molecule has 0 bridgehead atoms. The van der Waals surface area contributed by atoms with E-state index in [0.717, 1.165) is 13.1 Å². The number of aryl methyl sites for hydroxylation is 1. The van der Waals surface area contributed by atoms with Crippen molar-refractivity contribution in [2.75, 3.05) is 31.1 Å². The van der Waals surface area contributed by atoms with Crippen LogP contribution in [0.5, 0.6) is 0 Å². The van der Waals surface area contributed by atoms with Crippen LogP contribution >= 0.6 is 0 Å². The molecule has 5 nitrogen and oxygen atoms in total. The van der Waals surface area contributed by atoms with Gasteiger partial charge >= 0.3 is 0 Å². The molecule has 5 heteroatoms. The first-order valence-electron chi connectivity index (χ1n) is 7.85. The average molecular weight is 311 g/mol. The van der Waals surface area contributed by atoms with E-state index in [-0.39, 0.29) is 5.91 Å². The predicted molar refractivity (Wildman–Crippen MR) is 89.4 cm³/mol. The highest BCUT2D eigenvalue weighted by molar-refractivity contribution is 5.94. The summed E-state index contributed by atoms with van der Waals surface area (Å²) in [5.74, 6) is -0.00814. The van der Waals surface area contributed by atoms with Gasteiger partial charge in [-0.05, 0) is 31.0 Å². The Labute approximate surface area is 136 Å². The van der Waals surface area contributed by atoms with Crippen LogP contribution in [-0.4, -0.2) is 37.0 Å². The summed E-state index contributed by atoms with van der Waals surface area (Å²) < 4.78 is 0.690. The van der Waals surface area contributed by atoms with E-state index in [0.29, 0.717) is 23.4 Å². The lowest BCUT2D eigenvalue weighted by Crippen LogP contribution is -2.49. The lowest BCUT2D eigenvalue weighted by molar-refractivity contribution is -0.605. The number of hydrogen-bond donors (Lipinski definition) is 0. The monoisotopic (exact) mass is 311 g/mol. The summed E-state index contributed by atoms with van der Waals surface area (Å²) in [6, 6.07) is 9.50. The lowest BCUT2D eigenvalue weighted by atomic mass is 10.1. The molecule has 2 aromatic rings. The number of nitrogens with zero attached hydrogens (tertiary/aromatic N) is 3. The number of rotatable bonds is 2. The summed E-state index contributed by atoms with van der Waals surface area (Å²) in [5.41, 5.74) is 4.41. The SMILES string of the molecule is Cc1cccc(N2CCN(C(=O)c3cc[n+]([O-])cc3)CC2)c1C. The molecule has 0 aliphatic carbocycles. The van der Waals surface area contributed by atoms with Crippen LogP contribution in [0.4, 0.5) is 5.69 Å². The summed E-state index contributed by atoms with van der Waals surface area (Å²) in [6.07, 6.45) is 2.72. The van der Waals surface area contributed by atoms with Gasteiger partial charge in [-0.2, -0.15) is 4.73 Å². The molecule has 1 aliphatic rings. The number of hydrogen-bond acceptors (Lipinski definition) is 3. The molecule has 1 saturated heterocycles. The quantitative estimate of drug-likeness (QED) is 0.629. The maximum absolute atomic E-state index is 12.5. The molecule has 2 heterocycles. The third kappa shape index (κ3) is 3.13. The van der Waals surface area contributed by atoms with Crippen LogP contribution in [0.1, 0.15) is 21.5 Å². The number of pyridine rings is 1. The Hall–Kier alpha value is -2.56. The van der Waals surface area contributed by atoms with Crippen molar-refractivity contribution in [1.29, 1.82) is 0 Å². The third-order valence-corrected chi connectivity index (χ3v) is 4.53. The minimum Gasteiger partial charge on any atom is -0.619 e. The molecule has 0 saturated carbocycles. The van der Waals surface area contributed by atoms with Crippen molar-refractivity contribution in [1.82, 2.24) is 4.90 Å². The number of piperazine rings is 1. The van der Waals surface area contributed by atoms with E-state index in [1.807, 2.05) is 4.90 Å². The molecule has 1 fully saturated rings. The molecule has 23 heavy (non-hydrogen) atoms. The number of amides is 1. The molecule has 120 valence electrons. The Morgan fingerprint density at radius 3 is 2.35 bits per heavy atom. The molecule has 0 spiro atoms. The molecule has 0 unspecified atom stereocenters. The second-order valence-electron chi connectivity index (χ2n) is 5.94. The fraction of sp³-hybridized carbons (Fsp3) is 0.333. The summed E-state index contributed by atoms with van der Waals surface area (Å²) >= 11 is 0. The Balaban J connectivity index is 1.67. The van der Waals surface area contributed by atoms with Crippen LogP contribution in [0.25, 0.3) is 0 Å². The van der Waals surface area contributed by atoms with Crippen molar-refractivity contribution in [3.8, 4) is 0 Å². The summed E-state index contributed by atoms with van der Waals surface area (Å²) in [6.45, 7) is 7.30. The first kappa shape index (κ1) is 15.3. The molecule has 0 N–H and O–H groups in total. The minimum absolute atomic E-state index is 0.00814. The van der Waals surface area contributed by atoms with Gasteiger partial charge in [0, 0.05) is 44.0 Å². The Bertz CT molecular complexity index is 705. The summed E-state index contributed by atoms with van der Waals surface area (Å²) in [4.78, 5) is 16.7. The minimum atomic E-state index is -0.00814. The lowest BCUT2D eigenvalue weighted by Gasteiger charge is -2.37. The molecule has 1 aromatic carbocycles. The van der Waals surface area contributed by atoms with Gasteiger partial charge in [0.2, 0.25) is 0 Å². The van der Waals surface area contributed by atoms with Gasteiger partial charge in [-0.1, -0.05) is 12.1 Å². The highest BCUT2D eigenvalue weighted by Gasteiger charge is 2.23. The summed E-state index contributed by atoms with van der Waals surface area (Å²) in [7, 11) is 0. The zero-order chi connectivity index (χ0) is 16.4. The van der Waals surface area contributed by atoms with Crippen LogP contribution < -0.4 is 9.63 Å². The predicted octanol–water partition coefficient (Wildman–Crippen LogP) is 1.90. The molecular weight excluding hydrogens is 290 g/mol. The molecule has 3 rings (SSSR count). The second-order valence-corrected chi connectivity index (χ2v) is 5.94. The first-order valence-corrected chi connectivity index (χ1v) is 7.85. The van der Waals surface area contributed by atoms with Crippen molar-refractivity contribution in [2.24, 2.45) is 0 Å².